The quantitative estimate of drug-likeness (QED) is 0.832. The predicted octanol–water partition coefficient (Wildman–Crippen LogP) is 2.69. The van der Waals surface area contributed by atoms with E-state index in [2.05, 4.69) is 21.1 Å². The van der Waals surface area contributed by atoms with E-state index in [1.807, 2.05) is 24.3 Å². The lowest BCUT2D eigenvalue weighted by Crippen LogP contribution is -1.77. The molecule has 0 spiro atoms. The van der Waals surface area contributed by atoms with Gasteiger partial charge in [0.25, 0.3) is 0 Å². The van der Waals surface area contributed by atoms with Crippen molar-refractivity contribution in [3.63, 3.8) is 0 Å². The molecule has 1 aromatic carbocycles. The number of nitrogens with two attached hydrogens (primary N) is 1. The Balaban J connectivity index is 2.41. The van der Waals surface area contributed by atoms with Crippen LogP contribution in [0.5, 0.6) is 0 Å². The van der Waals surface area contributed by atoms with Gasteiger partial charge in [0.2, 0.25) is 5.88 Å². The molecule has 0 aliphatic heterocycles. The lowest BCUT2D eigenvalue weighted by Gasteiger charge is -1.93. The number of nitrogen functional groups attached to an aromatic ring is 1. The Bertz CT molecular complexity index is 408. The first-order valence-corrected chi connectivity index (χ1v) is 4.53. The second-order valence-corrected chi connectivity index (χ2v) is 3.54. The summed E-state index contributed by atoms with van der Waals surface area (Å²) in [5.74, 6) is 0.331. The van der Waals surface area contributed by atoms with E-state index < -0.39 is 0 Å². The highest BCUT2D eigenvalue weighted by atomic mass is 79.9. The molecule has 1 heterocycles. The second-order valence-electron chi connectivity index (χ2n) is 2.62. The van der Waals surface area contributed by atoms with E-state index in [-0.39, 0.29) is 0 Å². The van der Waals surface area contributed by atoms with Crippen molar-refractivity contribution in [2.24, 2.45) is 0 Å². The third-order valence-corrected chi connectivity index (χ3v) is 2.20. The molecular formula is C9H7BrN2O. The summed E-state index contributed by atoms with van der Waals surface area (Å²) in [6.07, 6.45) is 0. The fourth-order valence-corrected chi connectivity index (χ4v) is 1.31. The monoisotopic (exact) mass is 238 g/mol. The number of halogens is 1. The van der Waals surface area contributed by atoms with Gasteiger partial charge in [-0.25, -0.2) is 0 Å². The van der Waals surface area contributed by atoms with Crippen molar-refractivity contribution < 1.29 is 4.52 Å². The number of hydrogen-bond acceptors (Lipinski definition) is 3. The molecule has 1 aromatic heterocycles. The minimum atomic E-state index is 0.331. The highest BCUT2D eigenvalue weighted by molar-refractivity contribution is 9.10. The van der Waals surface area contributed by atoms with Crippen LogP contribution < -0.4 is 5.73 Å². The van der Waals surface area contributed by atoms with E-state index in [4.69, 9.17) is 10.3 Å². The molecule has 0 aliphatic carbocycles. The van der Waals surface area contributed by atoms with Crippen molar-refractivity contribution in [3.8, 4) is 11.3 Å². The average Bonchev–Trinajstić information content (AvgIpc) is 2.53. The third kappa shape index (κ3) is 1.72. The lowest BCUT2D eigenvalue weighted by molar-refractivity contribution is 0.439. The van der Waals surface area contributed by atoms with Crippen molar-refractivity contribution in [2.75, 3.05) is 5.73 Å². The number of anilines is 1. The first-order chi connectivity index (χ1) is 6.25. The van der Waals surface area contributed by atoms with E-state index in [0.29, 0.717) is 5.88 Å². The van der Waals surface area contributed by atoms with Gasteiger partial charge in [-0.1, -0.05) is 33.2 Å². The SMILES string of the molecule is Nc1cc(-c2ccc(Br)cc2)no1. The van der Waals surface area contributed by atoms with E-state index in [0.717, 1.165) is 15.7 Å². The maximum atomic E-state index is 5.41. The van der Waals surface area contributed by atoms with Crippen LogP contribution in [0.4, 0.5) is 5.88 Å². The molecule has 0 amide bonds. The Morgan fingerprint density at radius 1 is 1.23 bits per heavy atom. The molecule has 0 atom stereocenters. The molecule has 13 heavy (non-hydrogen) atoms. The van der Waals surface area contributed by atoms with Crippen LogP contribution >= 0.6 is 15.9 Å². The summed E-state index contributed by atoms with van der Waals surface area (Å²) >= 11 is 3.35. The van der Waals surface area contributed by atoms with Crippen LogP contribution in [-0.4, -0.2) is 5.16 Å². The molecule has 3 nitrogen and oxygen atoms in total. The van der Waals surface area contributed by atoms with Crippen LogP contribution in [0.2, 0.25) is 0 Å². The Hall–Kier alpha value is -1.29. The fourth-order valence-electron chi connectivity index (χ4n) is 1.05. The van der Waals surface area contributed by atoms with E-state index >= 15 is 0 Å². The summed E-state index contributed by atoms with van der Waals surface area (Å²) in [7, 11) is 0. The van der Waals surface area contributed by atoms with Crippen molar-refractivity contribution in [2.45, 2.75) is 0 Å². The van der Waals surface area contributed by atoms with Gasteiger partial charge in [-0.3, -0.25) is 0 Å². The number of nitrogens with zero attached hydrogens (tertiary/aromatic N) is 1. The molecule has 0 bridgehead atoms. The predicted molar refractivity (Wildman–Crippen MR) is 54.1 cm³/mol. The Morgan fingerprint density at radius 2 is 1.92 bits per heavy atom. The van der Waals surface area contributed by atoms with Crippen molar-refractivity contribution >= 4 is 21.8 Å². The van der Waals surface area contributed by atoms with Crippen molar-refractivity contribution in [3.05, 3.63) is 34.8 Å². The number of aromatic nitrogens is 1. The van der Waals surface area contributed by atoms with E-state index in [1.54, 1.807) is 6.07 Å². The van der Waals surface area contributed by atoms with Gasteiger partial charge in [-0.15, -0.1) is 0 Å². The van der Waals surface area contributed by atoms with Crippen LogP contribution in [0.25, 0.3) is 11.3 Å². The molecule has 66 valence electrons. The zero-order valence-electron chi connectivity index (χ0n) is 6.70. The molecule has 0 saturated carbocycles. The molecule has 0 radical (unpaired) electrons. The molecule has 0 saturated heterocycles. The Morgan fingerprint density at radius 3 is 2.46 bits per heavy atom. The standard InChI is InChI=1S/C9H7BrN2O/c10-7-3-1-6(2-4-7)8-5-9(11)13-12-8/h1-5H,11H2. The molecule has 0 unspecified atom stereocenters. The molecular weight excluding hydrogens is 232 g/mol. The van der Waals surface area contributed by atoms with Crippen LogP contribution in [-0.2, 0) is 0 Å². The summed E-state index contributed by atoms with van der Waals surface area (Å²) in [5.41, 5.74) is 7.15. The Kier molecular flexibility index (Phi) is 2.06. The second kappa shape index (κ2) is 3.22. The summed E-state index contributed by atoms with van der Waals surface area (Å²) in [4.78, 5) is 0. The Labute approximate surface area is 83.7 Å². The highest BCUT2D eigenvalue weighted by Crippen LogP contribution is 2.21. The first-order valence-electron chi connectivity index (χ1n) is 3.74. The number of hydrogen-bond donors (Lipinski definition) is 1. The molecule has 0 aliphatic rings. The summed E-state index contributed by atoms with van der Waals surface area (Å²) < 4.78 is 5.80. The minimum absolute atomic E-state index is 0.331. The van der Waals surface area contributed by atoms with E-state index in [9.17, 15) is 0 Å². The maximum absolute atomic E-state index is 5.41. The average molecular weight is 239 g/mol. The number of rotatable bonds is 1. The summed E-state index contributed by atoms with van der Waals surface area (Å²) in [6, 6.07) is 9.48. The zero-order valence-corrected chi connectivity index (χ0v) is 8.28. The van der Waals surface area contributed by atoms with Gasteiger partial charge in [-0.2, -0.15) is 0 Å². The highest BCUT2D eigenvalue weighted by Gasteiger charge is 2.02. The fraction of sp³-hybridized carbons (Fsp3) is 0. The van der Waals surface area contributed by atoms with Crippen LogP contribution in [0.1, 0.15) is 0 Å². The van der Waals surface area contributed by atoms with Crippen LogP contribution in [0.3, 0.4) is 0 Å². The topological polar surface area (TPSA) is 52.0 Å². The van der Waals surface area contributed by atoms with Crippen molar-refractivity contribution in [1.29, 1.82) is 0 Å². The zero-order chi connectivity index (χ0) is 9.26. The smallest absolute Gasteiger partial charge is 0.222 e. The van der Waals surface area contributed by atoms with Gasteiger partial charge < -0.3 is 10.3 Å². The normalized spacial score (nSPS) is 10.2. The van der Waals surface area contributed by atoms with Gasteiger partial charge in [0.05, 0.1) is 0 Å². The summed E-state index contributed by atoms with van der Waals surface area (Å²) in [5, 5.41) is 3.80. The van der Waals surface area contributed by atoms with Crippen LogP contribution in [0.15, 0.2) is 39.3 Å². The van der Waals surface area contributed by atoms with Gasteiger partial charge in [-0.05, 0) is 12.1 Å². The molecule has 2 aromatic rings. The minimum Gasteiger partial charge on any atom is -0.368 e. The third-order valence-electron chi connectivity index (χ3n) is 1.67. The van der Waals surface area contributed by atoms with Gasteiger partial charge in [0.1, 0.15) is 5.69 Å². The van der Waals surface area contributed by atoms with Crippen LogP contribution in [0, 0.1) is 0 Å². The maximum Gasteiger partial charge on any atom is 0.222 e. The molecule has 2 rings (SSSR count). The largest absolute Gasteiger partial charge is 0.368 e. The molecule has 2 N–H and O–H groups in total. The first kappa shape index (κ1) is 8.31. The molecule has 4 heteroatoms. The molecule has 0 fully saturated rings. The van der Waals surface area contributed by atoms with Gasteiger partial charge in [0.15, 0.2) is 0 Å². The van der Waals surface area contributed by atoms with E-state index in [1.165, 1.54) is 0 Å². The van der Waals surface area contributed by atoms with Crippen molar-refractivity contribution in [1.82, 2.24) is 5.16 Å². The van der Waals surface area contributed by atoms with Gasteiger partial charge >= 0.3 is 0 Å². The van der Waals surface area contributed by atoms with Gasteiger partial charge in [0, 0.05) is 16.1 Å². The lowest BCUT2D eigenvalue weighted by atomic mass is 10.2. The number of benzene rings is 1. The summed E-state index contributed by atoms with van der Waals surface area (Å²) in [6.45, 7) is 0.